The summed E-state index contributed by atoms with van der Waals surface area (Å²) in [6, 6.07) is 4.36. The van der Waals surface area contributed by atoms with E-state index >= 15 is 0 Å². The molecule has 1 saturated heterocycles. The number of ether oxygens (including phenoxy) is 3. The minimum atomic E-state index is -3.13. The Balaban J connectivity index is 2.02. The van der Waals surface area contributed by atoms with Crippen LogP contribution in [0.5, 0.6) is 11.5 Å². The number of rotatable bonds is 6. The van der Waals surface area contributed by atoms with Gasteiger partial charge in [-0.05, 0) is 31.2 Å². The number of halogens is 4. The van der Waals surface area contributed by atoms with Gasteiger partial charge in [0, 0.05) is 12.0 Å². The predicted molar refractivity (Wildman–Crippen MR) is 99.1 cm³/mol. The summed E-state index contributed by atoms with van der Waals surface area (Å²) in [5.41, 5.74) is -0.816. The zero-order valence-electron chi connectivity index (χ0n) is 15.8. The summed E-state index contributed by atoms with van der Waals surface area (Å²) in [6.45, 7) is -1.54. The molecule has 0 bridgehead atoms. The van der Waals surface area contributed by atoms with Gasteiger partial charge in [0.1, 0.15) is 29.0 Å². The molecule has 6 nitrogen and oxygen atoms in total. The van der Waals surface area contributed by atoms with E-state index < -0.39 is 35.8 Å². The molecule has 2 heterocycles. The summed E-state index contributed by atoms with van der Waals surface area (Å²) in [6.07, 6.45) is 0.607. The van der Waals surface area contributed by atoms with Crippen molar-refractivity contribution in [3.05, 3.63) is 46.9 Å². The number of esters is 1. The van der Waals surface area contributed by atoms with Crippen molar-refractivity contribution in [1.29, 1.82) is 0 Å². The van der Waals surface area contributed by atoms with Gasteiger partial charge in [-0.25, -0.2) is 14.2 Å². The molecule has 156 valence electrons. The van der Waals surface area contributed by atoms with E-state index in [9.17, 15) is 18.0 Å². The number of anilines is 1. The van der Waals surface area contributed by atoms with Crippen LogP contribution >= 0.6 is 11.6 Å². The van der Waals surface area contributed by atoms with E-state index in [0.717, 1.165) is 12.3 Å². The molecule has 1 aliphatic heterocycles. The fraction of sp³-hybridized carbons (Fsp3) is 0.368. The second-order valence-corrected chi connectivity index (χ2v) is 6.99. The predicted octanol–water partition coefficient (Wildman–Crippen LogP) is 4.15. The van der Waals surface area contributed by atoms with E-state index in [4.69, 9.17) is 25.8 Å². The number of hydrogen-bond acceptors (Lipinski definition) is 6. The van der Waals surface area contributed by atoms with Crippen molar-refractivity contribution in [2.75, 3.05) is 19.1 Å². The lowest BCUT2D eigenvalue weighted by atomic mass is 9.90. The number of carbonyl (C=O) groups excluding carboxylic acids is 1. The Morgan fingerprint density at radius 2 is 2.03 bits per heavy atom. The van der Waals surface area contributed by atoms with E-state index in [1.54, 1.807) is 25.1 Å². The van der Waals surface area contributed by atoms with Crippen LogP contribution in [0.15, 0.2) is 30.5 Å². The summed E-state index contributed by atoms with van der Waals surface area (Å²) < 4.78 is 57.1. The summed E-state index contributed by atoms with van der Waals surface area (Å²) in [5, 5.41) is -0.342. The Morgan fingerprint density at radius 3 is 2.62 bits per heavy atom. The molecule has 3 rings (SSSR count). The average molecular weight is 431 g/mol. The van der Waals surface area contributed by atoms with E-state index in [2.05, 4.69) is 4.98 Å². The fourth-order valence-corrected chi connectivity index (χ4v) is 3.61. The number of carbonyl (C=O) groups is 1. The summed E-state index contributed by atoms with van der Waals surface area (Å²) in [5.74, 6) is -1.20. The van der Waals surface area contributed by atoms with Crippen LogP contribution in [-0.2, 0) is 15.1 Å². The number of methoxy groups -OCH3 is 2. The molecule has 29 heavy (non-hydrogen) atoms. The summed E-state index contributed by atoms with van der Waals surface area (Å²) in [7, 11) is 2.91. The molecule has 2 unspecified atom stereocenters. The molecule has 2 aromatic rings. The standard InChI is InChI=1S/C19H18ClF3N2O4/c1-19(12-7-11(27-2)4-5-15(12)28-3)8-14(17(26)29-19)25(18(22)23)16-13(20)6-10(21)9-24-16/h4-7,9,14,18H,8H2,1-3H3. The molecular weight excluding hydrogens is 413 g/mol. The average Bonchev–Trinajstić information content (AvgIpc) is 2.98. The van der Waals surface area contributed by atoms with Crippen LogP contribution in [0.1, 0.15) is 18.9 Å². The first kappa shape index (κ1) is 21.0. The van der Waals surface area contributed by atoms with Crippen LogP contribution in [0.4, 0.5) is 19.0 Å². The number of hydrogen-bond donors (Lipinski definition) is 0. The Bertz CT molecular complexity index is 930. The Morgan fingerprint density at radius 1 is 1.31 bits per heavy atom. The lowest BCUT2D eigenvalue weighted by Gasteiger charge is -2.28. The van der Waals surface area contributed by atoms with Crippen LogP contribution in [-0.4, -0.2) is 37.8 Å². The van der Waals surface area contributed by atoms with Crippen molar-refractivity contribution in [3.8, 4) is 11.5 Å². The lowest BCUT2D eigenvalue weighted by Crippen LogP contribution is -2.43. The number of alkyl halides is 2. The van der Waals surface area contributed by atoms with Gasteiger partial charge in [0.25, 0.3) is 0 Å². The van der Waals surface area contributed by atoms with Crippen molar-refractivity contribution >= 4 is 23.4 Å². The molecule has 1 aromatic heterocycles. The van der Waals surface area contributed by atoms with Gasteiger partial charge >= 0.3 is 12.5 Å². The van der Waals surface area contributed by atoms with E-state index in [0.29, 0.717) is 22.0 Å². The normalized spacial score (nSPS) is 21.2. The maximum Gasteiger partial charge on any atom is 0.330 e. The fourth-order valence-electron chi connectivity index (χ4n) is 3.36. The summed E-state index contributed by atoms with van der Waals surface area (Å²) in [4.78, 5) is 16.7. The van der Waals surface area contributed by atoms with E-state index in [-0.39, 0.29) is 11.4 Å². The minimum Gasteiger partial charge on any atom is -0.497 e. The highest BCUT2D eigenvalue weighted by Gasteiger charge is 2.51. The quantitative estimate of drug-likeness (QED) is 0.507. The molecule has 10 heteroatoms. The highest BCUT2D eigenvalue weighted by Crippen LogP contribution is 2.45. The number of aromatic nitrogens is 1. The Labute approximate surface area is 170 Å². The van der Waals surface area contributed by atoms with Crippen LogP contribution in [0, 0.1) is 5.82 Å². The Kier molecular flexibility index (Phi) is 5.79. The largest absolute Gasteiger partial charge is 0.497 e. The molecular formula is C19H18ClF3N2O4. The van der Waals surface area contributed by atoms with Gasteiger partial charge in [0.15, 0.2) is 5.82 Å². The highest BCUT2D eigenvalue weighted by molar-refractivity contribution is 6.33. The number of cyclic esters (lactones) is 1. The monoisotopic (exact) mass is 430 g/mol. The first-order valence-corrected chi connectivity index (χ1v) is 8.91. The topological polar surface area (TPSA) is 60.9 Å². The first-order valence-electron chi connectivity index (χ1n) is 8.53. The van der Waals surface area contributed by atoms with Gasteiger partial charge in [-0.1, -0.05) is 11.6 Å². The van der Waals surface area contributed by atoms with Gasteiger partial charge < -0.3 is 14.2 Å². The van der Waals surface area contributed by atoms with Crippen LogP contribution < -0.4 is 14.4 Å². The lowest BCUT2D eigenvalue weighted by molar-refractivity contribution is -0.149. The third kappa shape index (κ3) is 3.91. The molecule has 0 radical (unpaired) electrons. The van der Waals surface area contributed by atoms with Gasteiger partial charge in [0.2, 0.25) is 0 Å². The van der Waals surface area contributed by atoms with Gasteiger partial charge in [-0.15, -0.1) is 0 Å². The van der Waals surface area contributed by atoms with Gasteiger partial charge in [-0.3, -0.25) is 4.90 Å². The van der Waals surface area contributed by atoms with Crippen molar-refractivity contribution in [1.82, 2.24) is 4.98 Å². The zero-order chi connectivity index (χ0) is 21.3. The van der Waals surface area contributed by atoms with Crippen molar-refractivity contribution in [3.63, 3.8) is 0 Å². The molecule has 1 fully saturated rings. The molecule has 0 aliphatic carbocycles. The van der Waals surface area contributed by atoms with Crippen molar-refractivity contribution in [2.45, 2.75) is 31.5 Å². The first-order chi connectivity index (χ1) is 13.7. The molecule has 0 saturated carbocycles. The number of nitrogens with zero attached hydrogens (tertiary/aromatic N) is 2. The van der Waals surface area contributed by atoms with Gasteiger partial charge in [-0.2, -0.15) is 8.78 Å². The van der Waals surface area contributed by atoms with Gasteiger partial charge in [0.05, 0.1) is 25.4 Å². The maximum absolute atomic E-state index is 13.9. The summed E-state index contributed by atoms with van der Waals surface area (Å²) >= 11 is 5.90. The van der Waals surface area contributed by atoms with Crippen LogP contribution in [0.25, 0.3) is 0 Å². The molecule has 0 N–H and O–H groups in total. The number of pyridine rings is 1. The SMILES string of the molecule is COc1ccc(OC)c(C2(C)CC(N(c3ncc(F)cc3Cl)C(F)F)C(=O)O2)c1. The van der Waals surface area contributed by atoms with E-state index in [1.165, 1.54) is 14.2 Å². The maximum atomic E-state index is 13.9. The van der Waals surface area contributed by atoms with Crippen LogP contribution in [0.2, 0.25) is 5.02 Å². The molecule has 1 aromatic carbocycles. The number of benzene rings is 1. The molecule has 0 amide bonds. The third-order valence-electron chi connectivity index (χ3n) is 4.74. The second-order valence-electron chi connectivity index (χ2n) is 6.58. The highest BCUT2D eigenvalue weighted by atomic mass is 35.5. The van der Waals surface area contributed by atoms with Crippen LogP contribution in [0.3, 0.4) is 0 Å². The van der Waals surface area contributed by atoms with E-state index in [1.807, 2.05) is 0 Å². The second kappa shape index (κ2) is 7.98. The minimum absolute atomic E-state index is 0.144. The smallest absolute Gasteiger partial charge is 0.330 e. The van der Waals surface area contributed by atoms with Crippen molar-refractivity contribution in [2.24, 2.45) is 0 Å². The molecule has 2 atom stereocenters. The van der Waals surface area contributed by atoms with Crippen molar-refractivity contribution < 1.29 is 32.2 Å². The Hall–Kier alpha value is -2.68. The zero-order valence-corrected chi connectivity index (χ0v) is 16.5. The molecule has 1 aliphatic rings. The third-order valence-corrected chi connectivity index (χ3v) is 5.01. The molecule has 0 spiro atoms.